The Kier molecular flexibility index (Phi) is 7.53. The zero-order valence-electron chi connectivity index (χ0n) is 17.8. The third-order valence-electron chi connectivity index (χ3n) is 5.01. The van der Waals surface area contributed by atoms with Gasteiger partial charge in [-0.3, -0.25) is 14.4 Å². The van der Waals surface area contributed by atoms with Crippen LogP contribution in [0.1, 0.15) is 37.3 Å². The van der Waals surface area contributed by atoms with Gasteiger partial charge in [-0.05, 0) is 24.3 Å². The van der Waals surface area contributed by atoms with Crippen LogP contribution in [0, 0.1) is 5.92 Å². The van der Waals surface area contributed by atoms with Crippen molar-refractivity contribution in [2.75, 3.05) is 0 Å². The summed E-state index contributed by atoms with van der Waals surface area (Å²) in [4.78, 5) is 49.8. The number of rotatable bonds is 6. The molecule has 3 N–H and O–H groups in total. The number of nitrogens with one attached hydrogen (secondary N) is 3. The monoisotopic (exact) mass is 443 g/mol. The van der Waals surface area contributed by atoms with Gasteiger partial charge in [0.25, 0.3) is 5.91 Å². The van der Waals surface area contributed by atoms with Crippen LogP contribution in [0.15, 0.2) is 34.9 Å². The highest BCUT2D eigenvalue weighted by Crippen LogP contribution is 2.13. The molecule has 2 unspecified atom stereocenters. The summed E-state index contributed by atoms with van der Waals surface area (Å²) in [7, 11) is 0. The zero-order chi connectivity index (χ0) is 23.1. The quantitative estimate of drug-likeness (QED) is 0.550. The summed E-state index contributed by atoms with van der Waals surface area (Å²) in [6, 6.07) is 7.06. The van der Waals surface area contributed by atoms with Gasteiger partial charge in [-0.2, -0.15) is 0 Å². The lowest BCUT2D eigenvalue weighted by molar-refractivity contribution is -0.140. The van der Waals surface area contributed by atoms with Crippen molar-refractivity contribution in [3.63, 3.8) is 0 Å². The van der Waals surface area contributed by atoms with Crippen LogP contribution in [0.3, 0.4) is 0 Å². The maximum Gasteiger partial charge on any atom is 0.408 e. The molecule has 0 saturated heterocycles. The Labute approximate surface area is 184 Å². The number of ketones is 1. The predicted molar refractivity (Wildman–Crippen MR) is 110 cm³/mol. The second-order valence-electron chi connectivity index (χ2n) is 7.72. The molecule has 11 nitrogen and oxygen atoms in total. The van der Waals surface area contributed by atoms with Crippen molar-refractivity contribution in [1.29, 1.82) is 0 Å². The van der Waals surface area contributed by atoms with Gasteiger partial charge in [-0.15, -0.1) is 5.10 Å². The molecular formula is C21H25N5O6. The number of carbonyl (C=O) groups is 4. The Bertz CT molecular complexity index is 974. The van der Waals surface area contributed by atoms with E-state index in [4.69, 9.17) is 9.26 Å². The maximum absolute atomic E-state index is 12.9. The van der Waals surface area contributed by atoms with Gasteiger partial charge in [0.2, 0.25) is 11.7 Å². The van der Waals surface area contributed by atoms with Gasteiger partial charge in [0.15, 0.2) is 5.76 Å². The molecule has 0 fully saturated rings. The fourth-order valence-corrected chi connectivity index (χ4v) is 3.20. The third-order valence-corrected chi connectivity index (χ3v) is 5.01. The first-order valence-corrected chi connectivity index (χ1v) is 10.2. The minimum absolute atomic E-state index is 0.0169. The number of hydrogen-bond acceptors (Lipinski definition) is 8. The van der Waals surface area contributed by atoms with Gasteiger partial charge in [0.1, 0.15) is 18.3 Å². The van der Waals surface area contributed by atoms with Crippen molar-refractivity contribution in [3.8, 4) is 0 Å². The van der Waals surface area contributed by atoms with Crippen molar-refractivity contribution in [2.45, 2.75) is 51.9 Å². The van der Waals surface area contributed by atoms with E-state index in [1.165, 1.54) is 0 Å². The Morgan fingerprint density at radius 1 is 1.25 bits per heavy atom. The summed E-state index contributed by atoms with van der Waals surface area (Å²) in [5, 5.41) is 14.9. The van der Waals surface area contributed by atoms with Crippen molar-refractivity contribution in [1.82, 2.24) is 26.3 Å². The van der Waals surface area contributed by atoms with Crippen LogP contribution in [0.5, 0.6) is 0 Å². The van der Waals surface area contributed by atoms with Crippen LogP contribution in [0.4, 0.5) is 4.79 Å². The summed E-state index contributed by atoms with van der Waals surface area (Å²) in [6.07, 6.45) is -0.356. The predicted octanol–water partition coefficient (Wildman–Crippen LogP) is 0.637. The molecule has 170 valence electrons. The molecule has 1 aliphatic heterocycles. The Balaban J connectivity index is 1.62. The normalized spacial score (nSPS) is 17.3. The molecule has 0 bridgehead atoms. The van der Waals surface area contributed by atoms with Crippen LogP contribution in [-0.4, -0.2) is 46.1 Å². The van der Waals surface area contributed by atoms with E-state index >= 15 is 0 Å². The number of aromatic nitrogens is 2. The first-order valence-electron chi connectivity index (χ1n) is 10.2. The number of nitrogens with zero attached hydrogens (tertiary/aromatic N) is 2. The molecular weight excluding hydrogens is 418 g/mol. The lowest BCUT2D eigenvalue weighted by atomic mass is 10.0. The standard InChI is InChI=1S/C21H25N5O6/c1-12(2)17(24-21(30)31-11-13-6-4-3-5-7-13)19(28)23-15-9-8-14-16(32-26-25-14)10-22-20(29)18(15)27/h3-7,12,15,17H,8-11H2,1-2H3,(H,22,29)(H,23,28)(H,24,30). The Hall–Kier alpha value is -3.76. The van der Waals surface area contributed by atoms with E-state index in [1.54, 1.807) is 13.8 Å². The molecule has 2 atom stereocenters. The highest BCUT2D eigenvalue weighted by atomic mass is 16.5. The average molecular weight is 443 g/mol. The molecule has 32 heavy (non-hydrogen) atoms. The Morgan fingerprint density at radius 2 is 2.00 bits per heavy atom. The number of alkyl carbamates (subject to hydrolysis) is 1. The minimum atomic E-state index is -1.09. The summed E-state index contributed by atoms with van der Waals surface area (Å²) in [6.45, 7) is 3.52. The second-order valence-corrected chi connectivity index (χ2v) is 7.72. The smallest absolute Gasteiger partial charge is 0.408 e. The number of aryl methyl sites for hydroxylation is 1. The maximum atomic E-state index is 12.9. The Morgan fingerprint density at radius 3 is 2.72 bits per heavy atom. The number of hydrogen-bond donors (Lipinski definition) is 3. The average Bonchev–Trinajstić information content (AvgIpc) is 3.24. The molecule has 3 rings (SSSR count). The van der Waals surface area contributed by atoms with E-state index in [2.05, 4.69) is 26.3 Å². The van der Waals surface area contributed by atoms with Crippen LogP contribution in [-0.2, 0) is 38.7 Å². The van der Waals surface area contributed by atoms with Crippen LogP contribution < -0.4 is 16.0 Å². The molecule has 0 spiro atoms. The van der Waals surface area contributed by atoms with E-state index < -0.39 is 35.8 Å². The fraction of sp³-hybridized carbons (Fsp3) is 0.429. The van der Waals surface area contributed by atoms with Crippen molar-refractivity contribution < 1.29 is 28.4 Å². The molecule has 1 aliphatic rings. The van der Waals surface area contributed by atoms with E-state index in [0.29, 0.717) is 11.5 Å². The number of ether oxygens (including phenoxy) is 1. The van der Waals surface area contributed by atoms with Crippen LogP contribution >= 0.6 is 0 Å². The van der Waals surface area contributed by atoms with Crippen molar-refractivity contribution in [2.24, 2.45) is 5.92 Å². The van der Waals surface area contributed by atoms with E-state index in [0.717, 1.165) is 5.56 Å². The lowest BCUT2D eigenvalue weighted by Gasteiger charge is -2.24. The summed E-state index contributed by atoms with van der Waals surface area (Å²) in [5.74, 6) is -2.17. The number of benzene rings is 1. The highest BCUT2D eigenvalue weighted by molar-refractivity contribution is 6.38. The number of amides is 3. The molecule has 3 amide bonds. The van der Waals surface area contributed by atoms with Crippen molar-refractivity contribution in [3.05, 3.63) is 47.3 Å². The first kappa shape index (κ1) is 22.9. The molecule has 1 aromatic heterocycles. The van der Waals surface area contributed by atoms with Crippen LogP contribution in [0.2, 0.25) is 0 Å². The second kappa shape index (κ2) is 10.5. The lowest BCUT2D eigenvalue weighted by Crippen LogP contribution is -2.55. The van der Waals surface area contributed by atoms with Gasteiger partial charge < -0.3 is 25.2 Å². The van der Waals surface area contributed by atoms with Gasteiger partial charge in [-0.25, -0.2) is 4.79 Å². The first-order chi connectivity index (χ1) is 15.3. The summed E-state index contributed by atoms with van der Waals surface area (Å²) in [5.41, 5.74) is 1.30. The van der Waals surface area contributed by atoms with Gasteiger partial charge in [0.05, 0.1) is 12.6 Å². The van der Waals surface area contributed by atoms with E-state index in [-0.39, 0.29) is 31.9 Å². The molecule has 0 radical (unpaired) electrons. The summed E-state index contributed by atoms with van der Waals surface area (Å²) >= 11 is 0. The fourth-order valence-electron chi connectivity index (χ4n) is 3.20. The molecule has 0 saturated carbocycles. The van der Waals surface area contributed by atoms with Crippen LogP contribution in [0.25, 0.3) is 0 Å². The SMILES string of the molecule is CC(C)C(NC(=O)OCc1ccccc1)C(=O)NC1CCc2nnoc2CNC(=O)C1=O. The summed E-state index contributed by atoms with van der Waals surface area (Å²) < 4.78 is 10.2. The van der Waals surface area contributed by atoms with Gasteiger partial charge in [0, 0.05) is 5.27 Å². The van der Waals surface area contributed by atoms with Gasteiger partial charge in [-0.1, -0.05) is 44.2 Å². The number of Topliss-reactive ketones (excluding diaryl/α,β-unsaturated/α-hetero) is 1. The zero-order valence-corrected chi connectivity index (χ0v) is 17.8. The number of carbonyl (C=O) groups excluding carboxylic acids is 4. The molecule has 2 aromatic rings. The molecule has 1 aromatic carbocycles. The topological polar surface area (TPSA) is 153 Å². The largest absolute Gasteiger partial charge is 0.445 e. The highest BCUT2D eigenvalue weighted by Gasteiger charge is 2.33. The van der Waals surface area contributed by atoms with E-state index in [9.17, 15) is 19.2 Å². The molecule has 2 heterocycles. The number of fused-ring (bicyclic) bond motifs is 1. The van der Waals surface area contributed by atoms with Crippen molar-refractivity contribution >= 4 is 23.7 Å². The minimum Gasteiger partial charge on any atom is -0.445 e. The van der Waals surface area contributed by atoms with E-state index in [1.807, 2.05) is 30.3 Å². The van der Waals surface area contributed by atoms with Gasteiger partial charge >= 0.3 is 6.09 Å². The third kappa shape index (κ3) is 5.90. The molecule has 0 aliphatic carbocycles. The molecule has 11 heteroatoms.